The van der Waals surface area contributed by atoms with E-state index in [1.165, 1.54) is 30.3 Å². The van der Waals surface area contributed by atoms with Gasteiger partial charge in [-0.1, -0.05) is 30.3 Å². The van der Waals surface area contributed by atoms with Gasteiger partial charge in [0.15, 0.2) is 0 Å². The summed E-state index contributed by atoms with van der Waals surface area (Å²) in [6, 6.07) is 6.77. The molecule has 10 heteroatoms. The number of nitrogens with one attached hydrogen (secondary N) is 2. The highest BCUT2D eigenvalue weighted by molar-refractivity contribution is 5.90. The van der Waals surface area contributed by atoms with E-state index in [4.69, 9.17) is 0 Å². The minimum absolute atomic E-state index is 0.144. The molecule has 0 aromatic heterocycles. The molecule has 0 aliphatic rings. The number of carboxylic acid groups (broad SMARTS) is 1. The molecule has 0 radical (unpaired) electrons. The summed E-state index contributed by atoms with van der Waals surface area (Å²) in [6.45, 7) is 1.14. The van der Waals surface area contributed by atoms with Crippen molar-refractivity contribution in [2.75, 3.05) is 0 Å². The van der Waals surface area contributed by atoms with Gasteiger partial charge in [0.2, 0.25) is 11.8 Å². The number of amides is 2. The zero-order valence-electron chi connectivity index (χ0n) is 16.4. The zero-order valence-corrected chi connectivity index (χ0v) is 16.4. The van der Waals surface area contributed by atoms with Crippen molar-refractivity contribution >= 4 is 17.8 Å². The molecule has 2 atom stereocenters. The Labute approximate surface area is 175 Å². The van der Waals surface area contributed by atoms with Gasteiger partial charge < -0.3 is 15.7 Å². The second kappa shape index (κ2) is 10.1. The van der Waals surface area contributed by atoms with E-state index >= 15 is 0 Å². The molecule has 6 nitrogen and oxygen atoms in total. The third-order valence-electron chi connectivity index (χ3n) is 4.38. The van der Waals surface area contributed by atoms with Gasteiger partial charge in [-0.25, -0.2) is 9.18 Å². The van der Waals surface area contributed by atoms with E-state index in [1.807, 2.05) is 0 Å². The SMILES string of the molecule is CC(=O)N[C@@H](Cc1cccc(F)c1)C(=O)N[C@H](Cc1ccccc1C(F)(F)F)C(=O)O. The Balaban J connectivity index is 2.23. The van der Waals surface area contributed by atoms with Crippen LogP contribution in [0.25, 0.3) is 0 Å². The van der Waals surface area contributed by atoms with Crippen LogP contribution in [0, 0.1) is 5.82 Å². The van der Waals surface area contributed by atoms with E-state index < -0.39 is 53.8 Å². The maximum Gasteiger partial charge on any atom is 0.416 e. The van der Waals surface area contributed by atoms with Crippen LogP contribution in [-0.4, -0.2) is 35.0 Å². The summed E-state index contributed by atoms with van der Waals surface area (Å²) in [5.74, 6) is -3.62. The summed E-state index contributed by atoms with van der Waals surface area (Å²) in [5, 5.41) is 13.9. The lowest BCUT2D eigenvalue weighted by Crippen LogP contribution is -2.52. The van der Waals surface area contributed by atoms with Crippen LogP contribution in [0.3, 0.4) is 0 Å². The minimum Gasteiger partial charge on any atom is -0.480 e. The average molecular weight is 440 g/mol. The number of alkyl halides is 3. The average Bonchev–Trinajstić information content (AvgIpc) is 2.66. The number of hydrogen-bond acceptors (Lipinski definition) is 3. The summed E-state index contributed by atoms with van der Waals surface area (Å²) < 4.78 is 53.0. The van der Waals surface area contributed by atoms with Crippen LogP contribution in [0.4, 0.5) is 17.6 Å². The number of rotatable bonds is 8. The van der Waals surface area contributed by atoms with Gasteiger partial charge in [0.1, 0.15) is 17.9 Å². The van der Waals surface area contributed by atoms with Crippen molar-refractivity contribution in [3.63, 3.8) is 0 Å². The Morgan fingerprint density at radius 2 is 1.65 bits per heavy atom. The molecule has 0 heterocycles. The topological polar surface area (TPSA) is 95.5 Å². The third kappa shape index (κ3) is 7.09. The van der Waals surface area contributed by atoms with Crippen LogP contribution in [0.5, 0.6) is 0 Å². The zero-order chi connectivity index (χ0) is 23.2. The largest absolute Gasteiger partial charge is 0.480 e. The van der Waals surface area contributed by atoms with E-state index in [2.05, 4.69) is 10.6 Å². The predicted molar refractivity (Wildman–Crippen MR) is 102 cm³/mol. The molecule has 3 N–H and O–H groups in total. The quantitative estimate of drug-likeness (QED) is 0.550. The Morgan fingerprint density at radius 3 is 2.23 bits per heavy atom. The molecular weight excluding hydrogens is 420 g/mol. The van der Waals surface area contributed by atoms with Crippen molar-refractivity contribution in [2.45, 2.75) is 38.0 Å². The standard InChI is InChI=1S/C21H20F4N2O4/c1-12(28)26-17(10-13-5-4-7-15(22)9-13)19(29)27-18(20(30)31)11-14-6-2-3-8-16(14)21(23,24)25/h2-9,17-18H,10-11H2,1H3,(H,26,28)(H,27,29)(H,30,31)/t17-,18+/m0/s1. The van der Waals surface area contributed by atoms with Crippen molar-refractivity contribution < 1.29 is 37.1 Å². The molecular formula is C21H20F4N2O4. The summed E-state index contributed by atoms with van der Waals surface area (Å²) in [5.41, 5.74) is -0.944. The van der Waals surface area contributed by atoms with Crippen molar-refractivity contribution in [1.82, 2.24) is 10.6 Å². The molecule has 0 aliphatic carbocycles. The minimum atomic E-state index is -4.69. The number of hydrogen-bond donors (Lipinski definition) is 3. The highest BCUT2D eigenvalue weighted by atomic mass is 19.4. The van der Waals surface area contributed by atoms with Crippen LogP contribution >= 0.6 is 0 Å². The predicted octanol–water partition coefficient (Wildman–Crippen LogP) is 2.70. The fraction of sp³-hybridized carbons (Fsp3) is 0.286. The number of aliphatic carboxylic acids is 1. The van der Waals surface area contributed by atoms with Crippen molar-refractivity contribution in [2.24, 2.45) is 0 Å². The molecule has 0 fully saturated rings. The molecule has 2 aromatic carbocycles. The molecule has 0 saturated heterocycles. The molecule has 0 spiro atoms. The lowest BCUT2D eigenvalue weighted by atomic mass is 9.99. The maximum absolute atomic E-state index is 13.4. The number of carbonyl (C=O) groups excluding carboxylic acids is 2. The second-order valence-corrected chi connectivity index (χ2v) is 6.85. The van der Waals surface area contributed by atoms with Crippen molar-refractivity contribution in [3.05, 3.63) is 71.0 Å². The molecule has 166 valence electrons. The molecule has 2 aromatic rings. The number of benzene rings is 2. The molecule has 0 saturated carbocycles. The number of carboxylic acids is 1. The first-order valence-electron chi connectivity index (χ1n) is 9.17. The molecule has 2 rings (SSSR count). The van der Waals surface area contributed by atoms with Gasteiger partial charge in [-0.2, -0.15) is 13.2 Å². The molecule has 0 unspecified atom stereocenters. The first-order chi connectivity index (χ1) is 14.5. The lowest BCUT2D eigenvalue weighted by molar-refractivity contribution is -0.143. The molecule has 2 amide bonds. The van der Waals surface area contributed by atoms with Crippen molar-refractivity contribution in [3.8, 4) is 0 Å². The summed E-state index contributed by atoms with van der Waals surface area (Å²) in [4.78, 5) is 35.7. The number of carbonyl (C=O) groups is 3. The monoisotopic (exact) mass is 440 g/mol. The van der Waals surface area contributed by atoms with E-state index in [1.54, 1.807) is 0 Å². The third-order valence-corrected chi connectivity index (χ3v) is 4.38. The summed E-state index contributed by atoms with van der Waals surface area (Å²) >= 11 is 0. The van der Waals surface area contributed by atoms with Gasteiger partial charge in [0, 0.05) is 19.8 Å². The second-order valence-electron chi connectivity index (χ2n) is 6.85. The Bertz CT molecular complexity index is 962. The first kappa shape index (κ1) is 23.8. The van der Waals surface area contributed by atoms with Crippen molar-refractivity contribution in [1.29, 1.82) is 0 Å². The summed E-state index contributed by atoms with van der Waals surface area (Å²) in [7, 11) is 0. The van der Waals surface area contributed by atoms with E-state index in [9.17, 15) is 37.1 Å². The highest BCUT2D eigenvalue weighted by Gasteiger charge is 2.35. The van der Waals surface area contributed by atoms with Crippen LogP contribution in [0.2, 0.25) is 0 Å². The maximum atomic E-state index is 13.4. The number of halogens is 4. The smallest absolute Gasteiger partial charge is 0.416 e. The van der Waals surface area contributed by atoms with Crippen LogP contribution in [-0.2, 0) is 33.4 Å². The lowest BCUT2D eigenvalue weighted by Gasteiger charge is -2.22. The van der Waals surface area contributed by atoms with Gasteiger partial charge in [-0.3, -0.25) is 9.59 Å². The Hall–Kier alpha value is -3.43. The Kier molecular flexibility index (Phi) is 7.73. The highest BCUT2D eigenvalue weighted by Crippen LogP contribution is 2.32. The van der Waals surface area contributed by atoms with Gasteiger partial charge in [-0.15, -0.1) is 0 Å². The van der Waals surface area contributed by atoms with Gasteiger partial charge >= 0.3 is 12.1 Å². The Morgan fingerprint density at radius 1 is 0.968 bits per heavy atom. The van der Waals surface area contributed by atoms with E-state index in [0.717, 1.165) is 25.1 Å². The van der Waals surface area contributed by atoms with E-state index in [-0.39, 0.29) is 12.0 Å². The molecule has 0 aliphatic heterocycles. The van der Waals surface area contributed by atoms with E-state index in [0.29, 0.717) is 5.56 Å². The van der Waals surface area contributed by atoms with Crippen LogP contribution < -0.4 is 10.6 Å². The van der Waals surface area contributed by atoms with Crippen LogP contribution in [0.15, 0.2) is 48.5 Å². The van der Waals surface area contributed by atoms with Gasteiger partial charge in [0.25, 0.3) is 0 Å². The normalized spacial score (nSPS) is 13.2. The molecule has 31 heavy (non-hydrogen) atoms. The first-order valence-corrected chi connectivity index (χ1v) is 9.17. The summed E-state index contributed by atoms with van der Waals surface area (Å²) in [6.07, 6.45) is -5.46. The molecule has 0 bridgehead atoms. The van der Waals surface area contributed by atoms with Gasteiger partial charge in [-0.05, 0) is 29.3 Å². The van der Waals surface area contributed by atoms with Crippen LogP contribution in [0.1, 0.15) is 23.6 Å². The fourth-order valence-electron chi connectivity index (χ4n) is 3.02. The van der Waals surface area contributed by atoms with Gasteiger partial charge in [0.05, 0.1) is 5.56 Å². The fourth-order valence-corrected chi connectivity index (χ4v) is 3.02.